The molecule has 3 nitrogen and oxygen atoms in total. The van der Waals surface area contributed by atoms with E-state index in [1.165, 1.54) is 11.3 Å². The number of aromatic amines is 1. The maximum atomic E-state index is 5.84. The molecule has 1 atom stereocenters. The molecule has 0 radical (unpaired) electrons. The van der Waals surface area contributed by atoms with Gasteiger partial charge in [-0.15, -0.1) is 0 Å². The second-order valence-electron chi connectivity index (χ2n) is 5.20. The molecule has 0 amide bonds. The number of fused-ring (bicyclic) bond motifs is 1. The van der Waals surface area contributed by atoms with E-state index in [0.717, 1.165) is 30.0 Å². The lowest BCUT2D eigenvalue weighted by Gasteiger charge is -2.25. The Kier molecular flexibility index (Phi) is 3.57. The van der Waals surface area contributed by atoms with Crippen molar-refractivity contribution in [1.29, 1.82) is 0 Å². The minimum atomic E-state index is 0.248. The fourth-order valence-corrected chi connectivity index (χ4v) is 2.87. The van der Waals surface area contributed by atoms with Crippen LogP contribution in [0.2, 0.25) is 0 Å². The van der Waals surface area contributed by atoms with Gasteiger partial charge in [0.05, 0.1) is 12.5 Å². The van der Waals surface area contributed by atoms with Crippen molar-refractivity contribution < 1.29 is 4.74 Å². The average Bonchev–Trinajstić information content (AvgIpc) is 2.49. The number of benzene rings is 1. The van der Waals surface area contributed by atoms with E-state index < -0.39 is 0 Å². The number of H-pyrrole nitrogens is 1. The fraction of sp³-hybridized carbons (Fsp3) is 0.375. The Morgan fingerprint density at radius 3 is 3.00 bits per heavy atom. The Labute approximate surface area is 124 Å². The first-order valence-electron chi connectivity index (χ1n) is 6.99. The molecule has 0 aliphatic carbocycles. The molecule has 0 fully saturated rings. The van der Waals surface area contributed by atoms with Crippen LogP contribution in [0.15, 0.2) is 24.3 Å². The third kappa shape index (κ3) is 2.36. The second-order valence-corrected chi connectivity index (χ2v) is 5.59. The fourth-order valence-electron chi connectivity index (χ4n) is 2.65. The van der Waals surface area contributed by atoms with Gasteiger partial charge in [0.2, 0.25) is 0 Å². The smallest absolute Gasteiger partial charge is 0.132 e. The Bertz CT molecular complexity index is 693. The molecule has 2 aromatic rings. The number of hydrogen-bond acceptors (Lipinski definition) is 3. The van der Waals surface area contributed by atoms with Crippen LogP contribution in [-0.2, 0) is 12.8 Å². The van der Waals surface area contributed by atoms with Gasteiger partial charge >= 0.3 is 0 Å². The third-order valence-corrected chi connectivity index (χ3v) is 4.29. The van der Waals surface area contributed by atoms with Crippen LogP contribution >= 0.6 is 12.2 Å². The maximum absolute atomic E-state index is 5.84. The van der Waals surface area contributed by atoms with Crippen LogP contribution in [0.4, 0.5) is 0 Å². The van der Waals surface area contributed by atoms with Gasteiger partial charge in [0.1, 0.15) is 16.2 Å². The van der Waals surface area contributed by atoms with E-state index in [2.05, 4.69) is 23.0 Å². The number of ether oxygens (including phenoxy) is 1. The quantitative estimate of drug-likeness (QED) is 0.855. The second kappa shape index (κ2) is 5.37. The van der Waals surface area contributed by atoms with E-state index >= 15 is 0 Å². The first kappa shape index (κ1) is 13.3. The van der Waals surface area contributed by atoms with Crippen molar-refractivity contribution in [3.63, 3.8) is 0 Å². The Hall–Kier alpha value is -1.68. The number of aromatic nitrogens is 2. The molecule has 1 aliphatic rings. The van der Waals surface area contributed by atoms with Crippen molar-refractivity contribution in [3.8, 4) is 5.75 Å². The Morgan fingerprint density at radius 1 is 1.40 bits per heavy atom. The van der Waals surface area contributed by atoms with Crippen molar-refractivity contribution in [1.82, 2.24) is 9.97 Å². The van der Waals surface area contributed by atoms with Crippen LogP contribution in [0.1, 0.15) is 35.5 Å². The van der Waals surface area contributed by atoms with E-state index in [9.17, 15) is 0 Å². The van der Waals surface area contributed by atoms with Gasteiger partial charge in [0.25, 0.3) is 0 Å². The van der Waals surface area contributed by atoms with Gasteiger partial charge in [-0.3, -0.25) is 0 Å². The van der Waals surface area contributed by atoms with Gasteiger partial charge in [0.15, 0.2) is 0 Å². The van der Waals surface area contributed by atoms with Crippen LogP contribution in [0, 0.1) is 11.6 Å². The lowest BCUT2D eigenvalue weighted by Crippen LogP contribution is -2.22. The summed E-state index contributed by atoms with van der Waals surface area (Å²) in [5, 5.41) is 0. The summed E-state index contributed by atoms with van der Waals surface area (Å²) in [6, 6.07) is 8.19. The largest absolute Gasteiger partial charge is 0.493 e. The van der Waals surface area contributed by atoms with Gasteiger partial charge in [0, 0.05) is 11.3 Å². The maximum Gasteiger partial charge on any atom is 0.132 e. The third-order valence-electron chi connectivity index (χ3n) is 3.89. The van der Waals surface area contributed by atoms with Gasteiger partial charge in [-0.25, -0.2) is 4.98 Å². The standard InChI is InChI=1S/C16H18N2OS/c1-3-13-10(2)16(20)18-15(17-13)12-8-11-6-4-5-7-14(11)19-9-12/h4-7,12H,3,8-9H2,1-2H3,(H,17,18,20). The highest BCUT2D eigenvalue weighted by Gasteiger charge is 2.23. The summed E-state index contributed by atoms with van der Waals surface area (Å²) in [5.74, 6) is 2.19. The molecule has 0 saturated heterocycles. The van der Waals surface area contributed by atoms with Crippen LogP contribution in [0.3, 0.4) is 0 Å². The van der Waals surface area contributed by atoms with E-state index in [-0.39, 0.29) is 5.92 Å². The molecule has 1 N–H and O–H groups in total. The summed E-state index contributed by atoms with van der Waals surface area (Å²) in [6.45, 7) is 4.81. The van der Waals surface area contributed by atoms with Crippen LogP contribution in [-0.4, -0.2) is 16.6 Å². The van der Waals surface area contributed by atoms with Gasteiger partial charge in [-0.05, 0) is 31.4 Å². The zero-order chi connectivity index (χ0) is 14.1. The van der Waals surface area contributed by atoms with Crippen molar-refractivity contribution in [2.45, 2.75) is 32.6 Å². The zero-order valence-corrected chi connectivity index (χ0v) is 12.6. The van der Waals surface area contributed by atoms with Crippen LogP contribution in [0.5, 0.6) is 5.75 Å². The predicted molar refractivity (Wildman–Crippen MR) is 81.9 cm³/mol. The first-order valence-corrected chi connectivity index (χ1v) is 7.40. The first-order chi connectivity index (χ1) is 9.69. The molecule has 1 aliphatic heterocycles. The minimum absolute atomic E-state index is 0.248. The number of rotatable bonds is 2. The van der Waals surface area contributed by atoms with Crippen molar-refractivity contribution in [2.75, 3.05) is 6.61 Å². The summed E-state index contributed by atoms with van der Waals surface area (Å²) in [4.78, 5) is 8.00. The van der Waals surface area contributed by atoms with Crippen LogP contribution in [0.25, 0.3) is 0 Å². The number of nitrogens with one attached hydrogen (secondary N) is 1. The molecule has 104 valence electrons. The molecular formula is C16H18N2OS. The topological polar surface area (TPSA) is 37.9 Å². The summed E-state index contributed by atoms with van der Waals surface area (Å²) >= 11 is 5.37. The highest BCUT2D eigenvalue weighted by molar-refractivity contribution is 7.71. The van der Waals surface area contributed by atoms with E-state index in [4.69, 9.17) is 17.0 Å². The normalized spacial score (nSPS) is 17.4. The highest BCUT2D eigenvalue weighted by atomic mass is 32.1. The van der Waals surface area contributed by atoms with Crippen molar-refractivity contribution >= 4 is 12.2 Å². The molecule has 3 rings (SSSR count). The van der Waals surface area contributed by atoms with E-state index in [0.29, 0.717) is 11.2 Å². The summed E-state index contributed by atoms with van der Waals surface area (Å²) in [7, 11) is 0. The summed E-state index contributed by atoms with van der Waals surface area (Å²) < 4.78 is 6.54. The minimum Gasteiger partial charge on any atom is -0.493 e. The predicted octanol–water partition coefficient (Wildman–Crippen LogP) is 3.73. The Balaban J connectivity index is 1.96. The van der Waals surface area contributed by atoms with Crippen molar-refractivity contribution in [2.24, 2.45) is 0 Å². The molecular weight excluding hydrogens is 268 g/mol. The van der Waals surface area contributed by atoms with Gasteiger partial charge < -0.3 is 9.72 Å². The van der Waals surface area contributed by atoms with Crippen LogP contribution < -0.4 is 4.74 Å². The zero-order valence-electron chi connectivity index (χ0n) is 11.8. The average molecular weight is 286 g/mol. The molecule has 0 saturated carbocycles. The molecule has 2 heterocycles. The molecule has 1 aromatic carbocycles. The molecule has 1 unspecified atom stereocenters. The highest BCUT2D eigenvalue weighted by Crippen LogP contribution is 2.31. The number of nitrogens with zero attached hydrogens (tertiary/aromatic N) is 1. The molecule has 1 aromatic heterocycles. The van der Waals surface area contributed by atoms with E-state index in [1.54, 1.807) is 0 Å². The van der Waals surface area contributed by atoms with Gasteiger partial charge in [-0.1, -0.05) is 37.3 Å². The van der Waals surface area contributed by atoms with E-state index in [1.807, 2.05) is 25.1 Å². The molecule has 0 bridgehead atoms. The lowest BCUT2D eigenvalue weighted by molar-refractivity contribution is 0.257. The summed E-state index contributed by atoms with van der Waals surface area (Å²) in [5.41, 5.74) is 3.51. The lowest BCUT2D eigenvalue weighted by atomic mass is 9.96. The van der Waals surface area contributed by atoms with Crippen molar-refractivity contribution in [3.05, 3.63) is 51.6 Å². The monoisotopic (exact) mass is 286 g/mol. The summed E-state index contributed by atoms with van der Waals surface area (Å²) in [6.07, 6.45) is 1.88. The Morgan fingerprint density at radius 2 is 2.20 bits per heavy atom. The van der Waals surface area contributed by atoms with Gasteiger partial charge in [-0.2, -0.15) is 0 Å². The SMILES string of the molecule is CCc1[nH]c(C2COc3ccccc3C2)nc(=S)c1C. The number of para-hydroxylation sites is 1. The molecule has 0 spiro atoms. The number of aryl methyl sites for hydroxylation is 1. The number of hydrogen-bond donors (Lipinski definition) is 1. The molecule has 4 heteroatoms. The molecule has 20 heavy (non-hydrogen) atoms.